The molecule has 0 N–H and O–H groups in total. The van der Waals surface area contributed by atoms with Crippen molar-refractivity contribution in [3.05, 3.63) is 156 Å². The minimum absolute atomic E-state index is 0. The summed E-state index contributed by atoms with van der Waals surface area (Å²) in [6, 6.07) is 41.6. The number of aromatic nitrogens is 5. The van der Waals surface area contributed by atoms with Gasteiger partial charge in [0.25, 0.3) is 0 Å². The second-order valence-corrected chi connectivity index (χ2v) is 31.4. The Morgan fingerprint density at radius 3 is 2.45 bits per heavy atom. The summed E-state index contributed by atoms with van der Waals surface area (Å²) in [6.07, 6.45) is 9.38. The molecule has 10 heteroatoms. The van der Waals surface area contributed by atoms with Crippen LogP contribution in [0.15, 0.2) is 120 Å². The fourth-order valence-corrected chi connectivity index (χ4v) is 14.7. The summed E-state index contributed by atoms with van der Waals surface area (Å²) < 4.78 is 48.3. The van der Waals surface area contributed by atoms with Gasteiger partial charge in [-0.25, -0.2) is 4.98 Å². The number of furan rings is 1. The van der Waals surface area contributed by atoms with E-state index in [1.54, 1.807) is 23.5 Å². The van der Waals surface area contributed by atoms with Crippen molar-refractivity contribution in [2.75, 3.05) is 0 Å². The van der Waals surface area contributed by atoms with E-state index in [1.165, 1.54) is 59.9 Å². The number of rotatable bonds is 7. The van der Waals surface area contributed by atoms with E-state index in [0.29, 0.717) is 17.4 Å². The average molecular weight is 1170 g/mol. The first-order valence-electron chi connectivity index (χ1n) is 25.3. The van der Waals surface area contributed by atoms with E-state index in [2.05, 4.69) is 107 Å². The molecule has 1 aliphatic rings. The van der Waals surface area contributed by atoms with Crippen molar-refractivity contribution in [1.29, 1.82) is 0 Å². The van der Waals surface area contributed by atoms with Crippen LogP contribution in [0.2, 0.25) is 17.3 Å². The van der Waals surface area contributed by atoms with Crippen LogP contribution in [0.1, 0.15) is 78.5 Å². The van der Waals surface area contributed by atoms with Gasteiger partial charge in [-0.15, -0.1) is 18.2 Å². The number of para-hydroxylation sites is 1. The normalized spacial score (nSPS) is 14.3. The van der Waals surface area contributed by atoms with Gasteiger partial charge in [0.05, 0.1) is 33.4 Å². The number of imidazole rings is 1. The SMILES string of the molecule is CC(C)Cc1cc(-c2[c-]cc(F)cc2)nc[c]1[Ge]([CH3])([CH3])[CH3].[2H]C([2H])([2H])c1ccc2c(ccc3nc(-c4[c-]ccc5c4sc4nc(C6CCCCC6)ccc45)n(-c4ccc(C)c5oc6ccccc6c45)c32)n1.[Ir]. The summed E-state index contributed by atoms with van der Waals surface area (Å²) in [5, 5.41) is 5.11. The molecule has 1 aliphatic carbocycles. The third kappa shape index (κ3) is 8.86. The predicted octanol–water partition coefficient (Wildman–Crippen LogP) is 15.8. The molecule has 0 aliphatic heterocycles. The minimum atomic E-state index is -2.32. The number of fused-ring (bicyclic) bond motifs is 9. The second kappa shape index (κ2) is 19.0. The van der Waals surface area contributed by atoms with Gasteiger partial charge in [0.15, 0.2) is 0 Å². The van der Waals surface area contributed by atoms with Crippen LogP contribution in [-0.2, 0) is 26.5 Å². The molecule has 1 fully saturated rings. The fourth-order valence-electron chi connectivity index (χ4n) is 10.2. The van der Waals surface area contributed by atoms with Crippen LogP contribution in [0.5, 0.6) is 0 Å². The van der Waals surface area contributed by atoms with E-state index in [9.17, 15) is 4.39 Å². The molecule has 69 heavy (non-hydrogen) atoms. The van der Waals surface area contributed by atoms with Crippen LogP contribution >= 0.6 is 11.3 Å². The van der Waals surface area contributed by atoms with E-state index < -0.39 is 20.1 Å². The van der Waals surface area contributed by atoms with Crippen LogP contribution in [-0.4, -0.2) is 37.8 Å². The third-order valence-corrected chi connectivity index (χ3v) is 18.9. The Balaban J connectivity index is 0.000000229. The molecule has 6 aromatic heterocycles. The number of hydrogen-bond donors (Lipinski definition) is 0. The van der Waals surface area contributed by atoms with Crippen LogP contribution < -0.4 is 4.40 Å². The maximum Gasteiger partial charge on any atom is 0.140 e. The summed E-state index contributed by atoms with van der Waals surface area (Å²) in [6.45, 7) is 4.23. The molecule has 1 radical (unpaired) electrons. The standard InChI is InChI=1S/C41H31N4OS.C18H23FGeN.Ir/c1-23-15-22-34(36-29-11-6-7-14-35(29)46-38(23)36)45-37-28-17-16-24(2)42-32(28)20-21-33(37)43-40(45)30-13-8-12-26-27-18-19-31(25-9-4-3-5-10-25)44-41(27)47-39(26)30;1-13(2)10-15-11-18(14-6-8-16(19)9-7-14)21-12-17(15)20(3,4)5;/h6-8,11-12,14-22,25H,3-5,9-10H2,1-2H3;6,8-9,11-13H,10H2,1-5H3;/q2*-1;/i2D3;;. The Bertz CT molecular complexity index is 3830. The number of aryl methyl sites for hydroxylation is 2. The van der Waals surface area contributed by atoms with Gasteiger partial charge in [0.1, 0.15) is 16.0 Å². The summed E-state index contributed by atoms with van der Waals surface area (Å²) in [5.74, 6) is 8.80. The minimum Gasteiger partial charge on any atom is -0.456 e. The maximum atomic E-state index is 13.0. The van der Waals surface area contributed by atoms with E-state index in [0.717, 1.165) is 99.0 Å². The number of benzene rings is 5. The molecule has 0 bridgehead atoms. The fraction of sp³-hybridized carbons (Fsp3) is 0.254. The van der Waals surface area contributed by atoms with Gasteiger partial charge in [0, 0.05) is 52.3 Å². The van der Waals surface area contributed by atoms with Crippen molar-refractivity contribution in [2.24, 2.45) is 5.92 Å². The molecule has 0 amide bonds. The van der Waals surface area contributed by atoms with E-state index in [-0.39, 0.29) is 31.6 Å². The molecule has 6 heterocycles. The van der Waals surface area contributed by atoms with Crippen LogP contribution in [0.25, 0.3) is 92.5 Å². The van der Waals surface area contributed by atoms with Crippen molar-refractivity contribution in [3.8, 4) is 28.3 Å². The molecule has 0 unspecified atom stereocenters. The van der Waals surface area contributed by atoms with Crippen molar-refractivity contribution < 1.29 is 33.0 Å². The summed E-state index contributed by atoms with van der Waals surface area (Å²) in [7, 11) is 0. The number of nitrogens with zero attached hydrogens (tertiary/aromatic N) is 5. The molecule has 0 atom stereocenters. The van der Waals surface area contributed by atoms with Gasteiger partial charge in [0.2, 0.25) is 0 Å². The molecule has 11 aromatic rings. The first-order chi connectivity index (χ1) is 34.1. The quantitative estimate of drug-likeness (QED) is 0.117. The zero-order valence-electron chi connectivity index (χ0n) is 42.6. The van der Waals surface area contributed by atoms with Gasteiger partial charge >= 0.3 is 130 Å². The van der Waals surface area contributed by atoms with Crippen molar-refractivity contribution in [1.82, 2.24) is 24.5 Å². The Morgan fingerprint density at radius 2 is 1.67 bits per heavy atom. The molecule has 5 aromatic carbocycles. The maximum absolute atomic E-state index is 13.0. The Hall–Kier alpha value is -5.58. The van der Waals surface area contributed by atoms with Gasteiger partial charge < -0.3 is 8.98 Å². The molecular formula is C59H54FGeIrN5OS-2. The monoisotopic (exact) mass is 1170 g/mol. The Labute approximate surface area is 427 Å². The largest absolute Gasteiger partial charge is 0.456 e. The van der Waals surface area contributed by atoms with Gasteiger partial charge in [-0.1, -0.05) is 60.5 Å². The van der Waals surface area contributed by atoms with E-state index >= 15 is 0 Å². The summed E-state index contributed by atoms with van der Waals surface area (Å²) in [5.41, 5.74) is 11.1. The van der Waals surface area contributed by atoms with Crippen LogP contribution in [0, 0.1) is 37.6 Å². The van der Waals surface area contributed by atoms with E-state index in [1.807, 2.05) is 48.7 Å². The smallest absolute Gasteiger partial charge is 0.140 e. The molecule has 6 nitrogen and oxygen atoms in total. The zero-order chi connectivity index (χ0) is 49.3. The average Bonchev–Trinajstić information content (AvgIpc) is 4.06. The van der Waals surface area contributed by atoms with Crippen molar-refractivity contribution >= 4 is 93.2 Å². The molecule has 0 saturated heterocycles. The zero-order valence-corrected chi connectivity index (χ0v) is 44.9. The first kappa shape index (κ1) is 43.4. The summed E-state index contributed by atoms with van der Waals surface area (Å²) in [4.78, 5) is 20.8. The van der Waals surface area contributed by atoms with Crippen molar-refractivity contribution in [2.45, 2.75) is 89.3 Å². The molecule has 349 valence electrons. The van der Waals surface area contributed by atoms with E-state index in [4.69, 9.17) is 18.5 Å². The van der Waals surface area contributed by atoms with Crippen molar-refractivity contribution in [3.63, 3.8) is 0 Å². The molecule has 0 spiro atoms. The second-order valence-electron chi connectivity index (χ2n) is 19.8. The topological polar surface area (TPSA) is 69.6 Å². The first-order valence-corrected chi connectivity index (χ1v) is 31.9. The molecule has 12 rings (SSSR count). The third-order valence-electron chi connectivity index (χ3n) is 13.5. The Morgan fingerprint density at radius 1 is 0.855 bits per heavy atom. The number of halogens is 1. The molecule has 1 saturated carbocycles. The number of pyridine rings is 3. The Kier molecular flexibility index (Phi) is 11.9. The molecular weight excluding hydrogens is 1110 g/mol. The number of hydrogen-bond acceptors (Lipinski definition) is 6. The van der Waals surface area contributed by atoms with Crippen LogP contribution in [0.3, 0.4) is 0 Å². The van der Waals surface area contributed by atoms with Crippen LogP contribution in [0.4, 0.5) is 4.39 Å². The van der Waals surface area contributed by atoms with Gasteiger partial charge in [-0.3, -0.25) is 9.97 Å². The summed E-state index contributed by atoms with van der Waals surface area (Å²) >= 11 is -0.224. The van der Waals surface area contributed by atoms with Gasteiger partial charge in [-0.2, -0.15) is 11.3 Å². The number of thiophene rings is 1. The van der Waals surface area contributed by atoms with Gasteiger partial charge in [-0.05, 0) is 84.7 Å². The predicted molar refractivity (Wildman–Crippen MR) is 284 cm³/mol.